The summed E-state index contributed by atoms with van der Waals surface area (Å²) in [5.41, 5.74) is 4.14. The van der Waals surface area contributed by atoms with Crippen LogP contribution in [0.1, 0.15) is 27.0 Å². The third kappa shape index (κ3) is 4.66. The Morgan fingerprint density at radius 3 is 2.30 bits per heavy atom. The van der Waals surface area contributed by atoms with Crippen LogP contribution < -0.4 is 15.5 Å². The number of anilines is 2. The molecule has 0 atom stereocenters. The molecule has 1 aliphatic rings. The predicted molar refractivity (Wildman–Crippen MR) is 129 cm³/mol. The Morgan fingerprint density at radius 1 is 0.909 bits per heavy atom. The first-order valence-electron chi connectivity index (χ1n) is 10.4. The van der Waals surface area contributed by atoms with E-state index >= 15 is 0 Å². The van der Waals surface area contributed by atoms with Gasteiger partial charge in [0, 0.05) is 17.8 Å². The minimum absolute atomic E-state index is 0.0211. The summed E-state index contributed by atoms with van der Waals surface area (Å²) in [6.45, 7) is 4.15. The number of nitrogens with one attached hydrogen (secondary N) is 2. The highest BCUT2D eigenvalue weighted by molar-refractivity contribution is 6.53. The summed E-state index contributed by atoms with van der Waals surface area (Å²) in [6.07, 6.45) is 0. The Bertz CT molecular complexity index is 1270. The molecular formula is C26H22ClN3O3. The van der Waals surface area contributed by atoms with E-state index in [0.29, 0.717) is 23.5 Å². The van der Waals surface area contributed by atoms with E-state index in [1.165, 1.54) is 0 Å². The fraction of sp³-hybridized carbons (Fsp3) is 0.115. The minimum Gasteiger partial charge on any atom is -0.349 e. The van der Waals surface area contributed by atoms with Crippen molar-refractivity contribution in [2.75, 3.05) is 10.2 Å². The van der Waals surface area contributed by atoms with Gasteiger partial charge >= 0.3 is 0 Å². The van der Waals surface area contributed by atoms with Crippen molar-refractivity contribution in [2.45, 2.75) is 20.4 Å². The highest BCUT2D eigenvalue weighted by Gasteiger charge is 2.39. The van der Waals surface area contributed by atoms with Crippen LogP contribution in [-0.4, -0.2) is 17.7 Å². The number of imide groups is 1. The fourth-order valence-electron chi connectivity index (χ4n) is 3.45. The van der Waals surface area contributed by atoms with Crippen LogP contribution in [0.2, 0.25) is 0 Å². The SMILES string of the molecule is Cc1ccc(N2C(=O)C(Cl)=C(Nc3cc(C(=O)NCc4ccccc4)ccc3C)C2=O)cc1. The summed E-state index contributed by atoms with van der Waals surface area (Å²) in [6, 6.07) is 21.7. The number of amides is 3. The van der Waals surface area contributed by atoms with Crippen molar-refractivity contribution in [3.05, 3.63) is 106 Å². The van der Waals surface area contributed by atoms with Crippen molar-refractivity contribution in [3.8, 4) is 0 Å². The van der Waals surface area contributed by atoms with Gasteiger partial charge in [-0.2, -0.15) is 0 Å². The van der Waals surface area contributed by atoms with E-state index < -0.39 is 11.8 Å². The molecule has 0 aromatic heterocycles. The fourth-order valence-corrected chi connectivity index (χ4v) is 3.67. The zero-order valence-corrected chi connectivity index (χ0v) is 18.9. The van der Waals surface area contributed by atoms with E-state index in [1.807, 2.05) is 56.3 Å². The van der Waals surface area contributed by atoms with Crippen LogP contribution in [0.5, 0.6) is 0 Å². The van der Waals surface area contributed by atoms with Gasteiger partial charge in [-0.3, -0.25) is 14.4 Å². The maximum Gasteiger partial charge on any atom is 0.283 e. The van der Waals surface area contributed by atoms with Crippen molar-refractivity contribution in [1.29, 1.82) is 0 Å². The van der Waals surface area contributed by atoms with Gasteiger partial charge < -0.3 is 10.6 Å². The lowest BCUT2D eigenvalue weighted by Gasteiger charge is -2.16. The normalized spacial score (nSPS) is 13.5. The average molecular weight is 460 g/mol. The van der Waals surface area contributed by atoms with Gasteiger partial charge in [-0.1, -0.05) is 65.7 Å². The number of carbonyl (C=O) groups excluding carboxylic acids is 3. The summed E-state index contributed by atoms with van der Waals surface area (Å²) >= 11 is 6.25. The van der Waals surface area contributed by atoms with Crippen molar-refractivity contribution < 1.29 is 14.4 Å². The molecule has 1 aliphatic heterocycles. The summed E-state index contributed by atoms with van der Waals surface area (Å²) in [5.74, 6) is -1.40. The molecule has 1 heterocycles. The lowest BCUT2D eigenvalue weighted by Crippen LogP contribution is -2.32. The second-order valence-corrected chi connectivity index (χ2v) is 8.17. The maximum atomic E-state index is 13.0. The quantitative estimate of drug-likeness (QED) is 0.525. The molecule has 0 unspecified atom stereocenters. The Balaban J connectivity index is 1.53. The van der Waals surface area contributed by atoms with Gasteiger partial charge in [-0.05, 0) is 49.2 Å². The standard InChI is InChI=1S/C26H22ClN3O3/c1-16-8-12-20(13-9-16)30-25(32)22(27)23(26(30)33)29-21-14-19(11-10-17(21)2)24(31)28-15-18-6-4-3-5-7-18/h3-14,29H,15H2,1-2H3,(H,28,31). The number of rotatable bonds is 6. The van der Waals surface area contributed by atoms with Crippen LogP contribution in [0.25, 0.3) is 0 Å². The molecule has 3 amide bonds. The number of halogens is 1. The lowest BCUT2D eigenvalue weighted by atomic mass is 10.1. The smallest absolute Gasteiger partial charge is 0.283 e. The largest absolute Gasteiger partial charge is 0.349 e. The van der Waals surface area contributed by atoms with Crippen LogP contribution in [0, 0.1) is 13.8 Å². The van der Waals surface area contributed by atoms with E-state index in [9.17, 15) is 14.4 Å². The topological polar surface area (TPSA) is 78.5 Å². The first-order valence-corrected chi connectivity index (χ1v) is 10.8. The molecule has 4 rings (SSSR count). The molecular weight excluding hydrogens is 438 g/mol. The Hall–Kier alpha value is -3.90. The summed E-state index contributed by atoms with van der Waals surface area (Å²) in [7, 11) is 0. The van der Waals surface area contributed by atoms with Gasteiger partial charge in [0.2, 0.25) is 0 Å². The number of aryl methyl sites for hydroxylation is 2. The molecule has 6 nitrogen and oxygen atoms in total. The highest BCUT2D eigenvalue weighted by Crippen LogP contribution is 2.31. The molecule has 0 radical (unpaired) electrons. The van der Waals surface area contributed by atoms with Gasteiger partial charge in [0.1, 0.15) is 10.7 Å². The molecule has 166 valence electrons. The zero-order valence-electron chi connectivity index (χ0n) is 18.2. The monoisotopic (exact) mass is 459 g/mol. The summed E-state index contributed by atoms with van der Waals surface area (Å²) in [5, 5.41) is 5.66. The molecule has 0 aliphatic carbocycles. The third-order valence-electron chi connectivity index (χ3n) is 5.37. The summed E-state index contributed by atoms with van der Waals surface area (Å²) < 4.78 is 0. The average Bonchev–Trinajstić information content (AvgIpc) is 3.03. The lowest BCUT2D eigenvalue weighted by molar-refractivity contribution is -0.120. The maximum absolute atomic E-state index is 13.0. The van der Waals surface area contributed by atoms with Gasteiger partial charge in [0.25, 0.3) is 17.7 Å². The molecule has 33 heavy (non-hydrogen) atoms. The van der Waals surface area contributed by atoms with Crippen LogP contribution in [0.4, 0.5) is 11.4 Å². The van der Waals surface area contributed by atoms with E-state index in [2.05, 4.69) is 10.6 Å². The zero-order chi connectivity index (χ0) is 23.5. The van der Waals surface area contributed by atoms with Crippen LogP contribution in [0.3, 0.4) is 0 Å². The second-order valence-electron chi connectivity index (χ2n) is 7.79. The molecule has 3 aromatic rings. The number of hydrogen-bond donors (Lipinski definition) is 2. The molecule has 3 aromatic carbocycles. The van der Waals surface area contributed by atoms with E-state index in [4.69, 9.17) is 11.6 Å². The molecule has 0 spiro atoms. The van der Waals surface area contributed by atoms with Crippen LogP contribution in [-0.2, 0) is 16.1 Å². The Morgan fingerprint density at radius 2 is 1.61 bits per heavy atom. The van der Waals surface area contributed by atoms with E-state index in [1.54, 1.807) is 30.3 Å². The number of nitrogens with zero attached hydrogens (tertiary/aromatic N) is 1. The Labute approximate surface area is 196 Å². The molecule has 0 saturated carbocycles. The number of benzene rings is 3. The molecule has 2 N–H and O–H groups in total. The van der Waals surface area contributed by atoms with Crippen LogP contribution >= 0.6 is 11.6 Å². The van der Waals surface area contributed by atoms with E-state index in [0.717, 1.165) is 21.6 Å². The van der Waals surface area contributed by atoms with Crippen molar-refractivity contribution >= 4 is 40.7 Å². The minimum atomic E-state index is -0.595. The van der Waals surface area contributed by atoms with Gasteiger partial charge in [0.05, 0.1) is 5.69 Å². The second kappa shape index (κ2) is 9.30. The summed E-state index contributed by atoms with van der Waals surface area (Å²) in [4.78, 5) is 39.4. The first kappa shape index (κ1) is 22.3. The van der Waals surface area contributed by atoms with Crippen molar-refractivity contribution in [1.82, 2.24) is 5.32 Å². The van der Waals surface area contributed by atoms with Crippen molar-refractivity contribution in [3.63, 3.8) is 0 Å². The van der Waals surface area contributed by atoms with Gasteiger partial charge in [0.15, 0.2) is 0 Å². The number of hydrogen-bond acceptors (Lipinski definition) is 4. The van der Waals surface area contributed by atoms with Gasteiger partial charge in [-0.25, -0.2) is 4.90 Å². The number of carbonyl (C=O) groups is 3. The molecule has 0 saturated heterocycles. The predicted octanol–water partition coefficient (Wildman–Crippen LogP) is 4.67. The van der Waals surface area contributed by atoms with Gasteiger partial charge in [-0.15, -0.1) is 0 Å². The molecule has 0 bridgehead atoms. The highest BCUT2D eigenvalue weighted by atomic mass is 35.5. The molecule has 0 fully saturated rings. The molecule has 7 heteroatoms. The van der Waals surface area contributed by atoms with Crippen LogP contribution in [0.15, 0.2) is 83.5 Å². The van der Waals surface area contributed by atoms with Crippen molar-refractivity contribution in [2.24, 2.45) is 0 Å². The third-order valence-corrected chi connectivity index (χ3v) is 5.73. The first-order chi connectivity index (χ1) is 15.8. The van der Waals surface area contributed by atoms with E-state index in [-0.39, 0.29) is 16.6 Å². The Kier molecular flexibility index (Phi) is 6.29.